The molecule has 1 aromatic heterocycles. The second kappa shape index (κ2) is 6.42. The molecule has 0 bridgehead atoms. The topological polar surface area (TPSA) is 33.5 Å². The average Bonchev–Trinajstić information content (AvgIpc) is 2.99. The van der Waals surface area contributed by atoms with Crippen LogP contribution in [-0.2, 0) is 4.79 Å². The van der Waals surface area contributed by atoms with Crippen LogP contribution in [0.2, 0.25) is 0 Å². The zero-order valence-electron chi connectivity index (χ0n) is 11.9. The molecule has 0 aliphatic heterocycles. The predicted molar refractivity (Wildman–Crippen MR) is 81.2 cm³/mol. The molecule has 3 heteroatoms. The van der Waals surface area contributed by atoms with Crippen LogP contribution in [0, 0.1) is 5.92 Å². The first-order valence-electron chi connectivity index (χ1n) is 6.94. The van der Waals surface area contributed by atoms with E-state index in [0.717, 1.165) is 17.4 Å². The van der Waals surface area contributed by atoms with Gasteiger partial charge >= 0.3 is 0 Å². The molecule has 0 spiro atoms. The van der Waals surface area contributed by atoms with Gasteiger partial charge in [0.1, 0.15) is 11.5 Å². The Morgan fingerprint density at radius 2 is 2.05 bits per heavy atom. The largest absolute Gasteiger partial charge is 0.461 e. The van der Waals surface area contributed by atoms with E-state index >= 15 is 0 Å². The van der Waals surface area contributed by atoms with Gasteiger partial charge in [0.2, 0.25) is 5.91 Å². The third-order valence-corrected chi connectivity index (χ3v) is 3.52. The number of nitrogens with zero attached hydrogens (tertiary/aromatic N) is 1. The Kier molecular flexibility index (Phi) is 4.61. The third kappa shape index (κ3) is 3.50. The molecule has 1 heterocycles. The summed E-state index contributed by atoms with van der Waals surface area (Å²) in [4.78, 5) is 13.7. The number of rotatable bonds is 7. The quantitative estimate of drug-likeness (QED) is 0.560. The lowest BCUT2D eigenvalue weighted by Gasteiger charge is -2.16. The highest BCUT2D eigenvalue weighted by Gasteiger charge is 2.36. The molecule has 2 atom stereocenters. The zero-order chi connectivity index (χ0) is 14.5. The summed E-state index contributed by atoms with van der Waals surface area (Å²) in [7, 11) is 0. The summed E-state index contributed by atoms with van der Waals surface area (Å²) < 4.78 is 5.73. The highest BCUT2D eigenvalue weighted by Crippen LogP contribution is 2.47. The summed E-state index contributed by atoms with van der Waals surface area (Å²) in [5.41, 5.74) is 0. The van der Waals surface area contributed by atoms with Gasteiger partial charge in [0, 0.05) is 25.1 Å². The van der Waals surface area contributed by atoms with E-state index in [0.29, 0.717) is 19.0 Å². The second-order valence-electron chi connectivity index (χ2n) is 5.21. The first-order chi connectivity index (χ1) is 9.65. The van der Waals surface area contributed by atoms with E-state index in [1.807, 2.05) is 12.1 Å². The molecule has 0 aromatic carbocycles. The normalized spacial score (nSPS) is 20.9. The third-order valence-electron chi connectivity index (χ3n) is 3.52. The molecule has 1 aliphatic carbocycles. The van der Waals surface area contributed by atoms with Crippen LogP contribution in [0.3, 0.4) is 0 Å². The van der Waals surface area contributed by atoms with Crippen LogP contribution < -0.4 is 0 Å². The highest BCUT2D eigenvalue weighted by atomic mass is 16.3. The van der Waals surface area contributed by atoms with E-state index in [2.05, 4.69) is 20.1 Å². The summed E-state index contributed by atoms with van der Waals surface area (Å²) >= 11 is 0. The molecule has 0 saturated heterocycles. The molecule has 2 rings (SSSR count). The fourth-order valence-electron chi connectivity index (χ4n) is 2.20. The van der Waals surface area contributed by atoms with Crippen LogP contribution in [0.4, 0.5) is 0 Å². The van der Waals surface area contributed by atoms with Crippen LogP contribution >= 0.6 is 0 Å². The molecule has 106 valence electrons. The Balaban J connectivity index is 1.96. The molecular formula is C17H21NO2. The molecular weight excluding hydrogens is 250 g/mol. The average molecular weight is 271 g/mol. The van der Waals surface area contributed by atoms with Crippen molar-refractivity contribution in [1.29, 1.82) is 0 Å². The van der Waals surface area contributed by atoms with Crippen molar-refractivity contribution in [2.45, 2.75) is 19.3 Å². The predicted octanol–water partition coefficient (Wildman–Crippen LogP) is 3.62. The molecule has 1 amide bonds. The van der Waals surface area contributed by atoms with E-state index < -0.39 is 0 Å². The van der Waals surface area contributed by atoms with Crippen LogP contribution in [0.15, 0.2) is 47.9 Å². The van der Waals surface area contributed by atoms with Crippen LogP contribution in [0.1, 0.15) is 30.8 Å². The van der Waals surface area contributed by atoms with Gasteiger partial charge in [-0.3, -0.25) is 4.79 Å². The number of hydrogen-bond acceptors (Lipinski definition) is 2. The summed E-state index contributed by atoms with van der Waals surface area (Å²) in [5.74, 6) is 2.96. The molecule has 2 unspecified atom stereocenters. The first-order valence-corrected chi connectivity index (χ1v) is 6.94. The minimum absolute atomic E-state index is 0.0671. The highest BCUT2D eigenvalue weighted by molar-refractivity contribution is 5.91. The van der Waals surface area contributed by atoms with Gasteiger partial charge in [0.25, 0.3) is 0 Å². The SMILES string of the molecule is C=CCN(CC=C)C(=O)/C=C/c1ccc(C2CC2C)o1. The van der Waals surface area contributed by atoms with Gasteiger partial charge in [0.15, 0.2) is 0 Å². The van der Waals surface area contributed by atoms with Crippen molar-refractivity contribution in [3.63, 3.8) is 0 Å². The van der Waals surface area contributed by atoms with Crippen LogP contribution in [-0.4, -0.2) is 23.9 Å². The Hall–Kier alpha value is -2.03. The van der Waals surface area contributed by atoms with Crippen molar-refractivity contribution in [3.05, 3.63) is 55.0 Å². The lowest BCUT2D eigenvalue weighted by molar-refractivity contribution is -0.125. The minimum Gasteiger partial charge on any atom is -0.461 e. The van der Waals surface area contributed by atoms with Crippen molar-refractivity contribution in [3.8, 4) is 0 Å². The fourth-order valence-corrected chi connectivity index (χ4v) is 2.20. The van der Waals surface area contributed by atoms with E-state index in [4.69, 9.17) is 4.42 Å². The lowest BCUT2D eigenvalue weighted by atomic mass is 10.3. The second-order valence-corrected chi connectivity index (χ2v) is 5.21. The van der Waals surface area contributed by atoms with Gasteiger partial charge < -0.3 is 9.32 Å². The van der Waals surface area contributed by atoms with Gasteiger partial charge in [-0.2, -0.15) is 0 Å². The van der Waals surface area contributed by atoms with Gasteiger partial charge in [-0.1, -0.05) is 19.1 Å². The van der Waals surface area contributed by atoms with Crippen molar-refractivity contribution in [2.24, 2.45) is 5.92 Å². The van der Waals surface area contributed by atoms with Crippen molar-refractivity contribution < 1.29 is 9.21 Å². The zero-order valence-corrected chi connectivity index (χ0v) is 11.9. The summed E-state index contributed by atoms with van der Waals surface area (Å²) in [6.07, 6.45) is 7.86. The first kappa shape index (κ1) is 14.4. The molecule has 1 aliphatic rings. The van der Waals surface area contributed by atoms with Crippen LogP contribution in [0.25, 0.3) is 6.08 Å². The number of amides is 1. The van der Waals surface area contributed by atoms with Crippen molar-refractivity contribution in [1.82, 2.24) is 4.90 Å². The van der Waals surface area contributed by atoms with Gasteiger partial charge in [-0.05, 0) is 30.5 Å². The van der Waals surface area contributed by atoms with Crippen molar-refractivity contribution >= 4 is 12.0 Å². The smallest absolute Gasteiger partial charge is 0.247 e. The number of carbonyl (C=O) groups excluding carboxylic acids is 1. The molecule has 1 saturated carbocycles. The summed E-state index contributed by atoms with van der Waals surface area (Å²) in [6.45, 7) is 10.5. The molecule has 0 N–H and O–H groups in total. The van der Waals surface area contributed by atoms with Crippen LogP contribution in [0.5, 0.6) is 0 Å². The molecule has 20 heavy (non-hydrogen) atoms. The maximum Gasteiger partial charge on any atom is 0.247 e. The minimum atomic E-state index is -0.0671. The van der Waals surface area contributed by atoms with E-state index in [9.17, 15) is 4.79 Å². The Labute approximate surface area is 120 Å². The number of hydrogen-bond donors (Lipinski definition) is 0. The number of carbonyl (C=O) groups is 1. The van der Waals surface area contributed by atoms with Gasteiger partial charge in [-0.15, -0.1) is 13.2 Å². The standard InChI is InChI=1S/C17H21NO2/c1-4-10-18(11-5-2)17(19)9-7-14-6-8-16(20-14)15-12-13(15)3/h4-9,13,15H,1-2,10-12H2,3H3/b9-7+. The Morgan fingerprint density at radius 3 is 2.60 bits per heavy atom. The molecule has 0 radical (unpaired) electrons. The van der Waals surface area contributed by atoms with E-state index in [1.165, 1.54) is 12.5 Å². The van der Waals surface area contributed by atoms with Crippen molar-refractivity contribution in [2.75, 3.05) is 13.1 Å². The fraction of sp³-hybridized carbons (Fsp3) is 0.353. The molecule has 3 nitrogen and oxygen atoms in total. The van der Waals surface area contributed by atoms with Gasteiger partial charge in [0.05, 0.1) is 0 Å². The lowest BCUT2D eigenvalue weighted by Crippen LogP contribution is -2.29. The Bertz CT molecular complexity index is 517. The van der Waals surface area contributed by atoms with Gasteiger partial charge in [-0.25, -0.2) is 0 Å². The summed E-state index contributed by atoms with van der Waals surface area (Å²) in [5, 5.41) is 0. The molecule has 1 fully saturated rings. The molecule has 1 aromatic rings. The maximum atomic E-state index is 12.0. The van der Waals surface area contributed by atoms with E-state index in [-0.39, 0.29) is 5.91 Å². The van der Waals surface area contributed by atoms with E-state index in [1.54, 1.807) is 23.1 Å². The maximum absolute atomic E-state index is 12.0. The number of furan rings is 1. The Morgan fingerprint density at radius 1 is 1.40 bits per heavy atom. The monoisotopic (exact) mass is 271 g/mol. The summed E-state index contributed by atoms with van der Waals surface area (Å²) in [6, 6.07) is 3.92.